The number of hydrogen-bond acceptors (Lipinski definition) is 22. The van der Waals surface area contributed by atoms with E-state index in [4.69, 9.17) is 9.47 Å². The van der Waals surface area contributed by atoms with Crippen molar-refractivity contribution in [1.82, 2.24) is 71.5 Å². The molecule has 6 rings (SSSR count). The Labute approximate surface area is 539 Å². The van der Waals surface area contributed by atoms with E-state index in [1.807, 2.05) is 36.4 Å². The molecule has 0 spiro atoms. The highest BCUT2D eigenvalue weighted by molar-refractivity contribution is 6.10. The highest BCUT2D eigenvalue weighted by Gasteiger charge is 2.26. The van der Waals surface area contributed by atoms with Crippen molar-refractivity contribution in [3.05, 3.63) is 72.8 Å². The molecule has 2 fully saturated rings. The molecule has 0 aromatic heterocycles. The Morgan fingerprint density at radius 2 is 0.532 bits per heavy atom. The van der Waals surface area contributed by atoms with Crippen LogP contribution >= 0.6 is 0 Å². The molecule has 0 atom stereocenters. The van der Waals surface area contributed by atoms with Gasteiger partial charge in [-0.3, -0.25) is 118 Å². The third-order valence-electron chi connectivity index (χ3n) is 15.1. The van der Waals surface area contributed by atoms with Gasteiger partial charge in [-0.2, -0.15) is 0 Å². The zero-order chi connectivity index (χ0) is 68.1. The molecule has 0 bridgehead atoms. The minimum absolute atomic E-state index is 0.164. The summed E-state index contributed by atoms with van der Waals surface area (Å²) in [6.07, 6.45) is 0. The summed E-state index contributed by atoms with van der Waals surface area (Å²) in [5.74, 6) is -10.7. The molecule has 6 amide bonds. The van der Waals surface area contributed by atoms with Crippen molar-refractivity contribution in [2.45, 2.75) is 0 Å². The molecular formula is C60H80N14O20. The first-order chi connectivity index (χ1) is 45.0. The fraction of sp³-hybridized carbons (Fsp3) is 0.467. The molecule has 0 aliphatic carbocycles. The minimum atomic E-state index is -1.11. The predicted molar refractivity (Wildman–Crippen MR) is 334 cm³/mol. The molecule has 34 nitrogen and oxygen atoms in total. The standard InChI is InChI=1S/C60H80N14O20/c75-47(29-61-49(77)31-67-13-17-69(33-53(81)82)21-25-73(37-57(89)90)26-22-70(18-14-67)34-54(83)84)63-65-51(79)39-93-45-11-9-41-5-1-3-7-43(41)59(45)60-44-8-4-2-6-42(44)10-12-46(60)94-40-52(80)66-64-48(76)30-62-50(78)32-68-15-19-71(35-55(85)86)23-27-74(38-58(91)92)28-24-72(20-16-68)36-56(87)88/h1-12H,13-40H2,(H,61,77)(H,62,78)(H,63,75)(H,64,76)(H,65,79)(H,66,80)(H,81,82)(H,83,84)(H,85,86)(H,87,88)(H,89,90)(H,91,92). The fourth-order valence-electron chi connectivity index (χ4n) is 10.4. The molecule has 2 aliphatic heterocycles. The molecule has 510 valence electrons. The zero-order valence-electron chi connectivity index (χ0n) is 51.7. The molecule has 94 heavy (non-hydrogen) atoms. The first-order valence-corrected chi connectivity index (χ1v) is 30.0. The number of ether oxygens (including phenoxy) is 2. The molecule has 2 saturated heterocycles. The van der Waals surface area contributed by atoms with Crippen LogP contribution in [0.5, 0.6) is 11.5 Å². The highest BCUT2D eigenvalue weighted by Crippen LogP contribution is 2.45. The second-order valence-electron chi connectivity index (χ2n) is 22.2. The number of carbonyl (C=O) groups is 12. The van der Waals surface area contributed by atoms with Gasteiger partial charge in [0.1, 0.15) is 11.5 Å². The van der Waals surface area contributed by atoms with Gasteiger partial charge in [0.25, 0.3) is 23.6 Å². The Hall–Kier alpha value is -9.68. The van der Waals surface area contributed by atoms with Crippen LogP contribution < -0.4 is 41.8 Å². The Morgan fingerprint density at radius 1 is 0.298 bits per heavy atom. The highest BCUT2D eigenvalue weighted by atomic mass is 16.5. The molecule has 12 N–H and O–H groups in total. The van der Waals surface area contributed by atoms with E-state index in [2.05, 4.69) is 32.3 Å². The topological polar surface area (TPSA) is 443 Å². The van der Waals surface area contributed by atoms with Crippen LogP contribution in [0.2, 0.25) is 0 Å². The van der Waals surface area contributed by atoms with E-state index in [9.17, 15) is 88.2 Å². The van der Waals surface area contributed by atoms with Crippen LogP contribution in [0.1, 0.15) is 0 Å². The van der Waals surface area contributed by atoms with Crippen molar-refractivity contribution in [3.8, 4) is 22.6 Å². The van der Waals surface area contributed by atoms with E-state index in [0.717, 1.165) is 10.8 Å². The largest absolute Gasteiger partial charge is 0.483 e. The third kappa shape index (κ3) is 26.1. The SMILES string of the molecule is O=C(O)CN1CCN(CC(=O)O)CCN(CC(=O)NCC(=O)NNC(=O)COc2ccc3ccccc3c2-c2c(OCC(=O)NNC(=O)CNC(=O)CN3CCN(CC(=O)O)CCN(CC(=O)O)CCN(CC(=O)O)CC3)ccc3ccccc23)CCN(CC(=O)O)CC1. The molecule has 4 aromatic carbocycles. The Morgan fingerprint density at radius 3 is 0.787 bits per heavy atom. The van der Waals surface area contributed by atoms with Gasteiger partial charge in [0.15, 0.2) is 13.2 Å². The Bertz CT molecular complexity index is 3060. The number of carbonyl (C=O) groups excluding carboxylic acids is 6. The van der Waals surface area contributed by atoms with E-state index in [1.165, 1.54) is 0 Å². The van der Waals surface area contributed by atoms with E-state index >= 15 is 0 Å². The number of fused-ring (bicyclic) bond motifs is 2. The summed E-state index contributed by atoms with van der Waals surface area (Å²) in [4.78, 5) is 162. The number of hydrogen-bond donors (Lipinski definition) is 12. The summed E-state index contributed by atoms with van der Waals surface area (Å²) in [7, 11) is 0. The second kappa shape index (κ2) is 37.7. The van der Waals surface area contributed by atoms with Gasteiger partial charge in [-0.15, -0.1) is 0 Å². The average molecular weight is 1320 g/mol. The van der Waals surface area contributed by atoms with Gasteiger partial charge >= 0.3 is 35.8 Å². The van der Waals surface area contributed by atoms with E-state index in [-0.39, 0.29) is 169 Å². The average Bonchev–Trinajstić information content (AvgIpc) is 0.757. The van der Waals surface area contributed by atoms with Gasteiger partial charge in [0.2, 0.25) is 11.8 Å². The molecule has 2 aliphatic rings. The maximum atomic E-state index is 13.3. The molecule has 0 radical (unpaired) electrons. The maximum Gasteiger partial charge on any atom is 0.317 e. The lowest BCUT2D eigenvalue weighted by atomic mass is 9.92. The number of hydrazine groups is 2. The summed E-state index contributed by atoms with van der Waals surface area (Å²) in [5, 5.41) is 64.9. The number of nitrogens with zero attached hydrogens (tertiary/aromatic N) is 8. The zero-order valence-corrected chi connectivity index (χ0v) is 51.7. The number of nitrogens with one attached hydrogen (secondary N) is 6. The van der Waals surface area contributed by atoms with Gasteiger partial charge in [-0.25, -0.2) is 0 Å². The van der Waals surface area contributed by atoms with Crippen molar-refractivity contribution < 1.29 is 97.6 Å². The normalized spacial score (nSPS) is 16.1. The van der Waals surface area contributed by atoms with Gasteiger partial charge in [0.05, 0.1) is 65.4 Å². The van der Waals surface area contributed by atoms with E-state index in [1.54, 1.807) is 75.6 Å². The lowest BCUT2D eigenvalue weighted by molar-refractivity contribution is -0.140. The number of amides is 6. The van der Waals surface area contributed by atoms with Crippen molar-refractivity contribution in [2.24, 2.45) is 0 Å². The predicted octanol–water partition coefficient (Wildman–Crippen LogP) is -4.10. The van der Waals surface area contributed by atoms with Crippen molar-refractivity contribution in [1.29, 1.82) is 0 Å². The van der Waals surface area contributed by atoms with Crippen LogP contribution in [0.4, 0.5) is 0 Å². The van der Waals surface area contributed by atoms with E-state index in [0.29, 0.717) is 21.9 Å². The van der Waals surface area contributed by atoms with Gasteiger partial charge in [0, 0.05) is 116 Å². The molecule has 0 unspecified atom stereocenters. The summed E-state index contributed by atoms with van der Waals surface area (Å²) < 4.78 is 12.3. The van der Waals surface area contributed by atoms with Gasteiger partial charge in [-0.1, -0.05) is 60.7 Å². The second-order valence-corrected chi connectivity index (χ2v) is 22.2. The number of carboxylic acids is 6. The van der Waals surface area contributed by atoms with Gasteiger partial charge in [-0.05, 0) is 33.7 Å². The van der Waals surface area contributed by atoms with Crippen LogP contribution in [-0.2, 0) is 57.5 Å². The van der Waals surface area contributed by atoms with Crippen molar-refractivity contribution in [3.63, 3.8) is 0 Å². The number of benzene rings is 4. The third-order valence-corrected chi connectivity index (χ3v) is 15.1. The summed E-state index contributed by atoms with van der Waals surface area (Å²) >= 11 is 0. The van der Waals surface area contributed by atoms with Crippen LogP contribution in [0, 0.1) is 0 Å². The monoisotopic (exact) mass is 1320 g/mol. The number of carboxylic acid groups (broad SMARTS) is 6. The van der Waals surface area contributed by atoms with E-state index < -0.39 is 97.6 Å². The molecule has 34 heteroatoms. The lowest BCUT2D eigenvalue weighted by Gasteiger charge is -2.32. The number of rotatable bonds is 27. The quantitative estimate of drug-likeness (QED) is 0.0253. The molecular weight excluding hydrogens is 1240 g/mol. The molecule has 2 heterocycles. The lowest BCUT2D eigenvalue weighted by Crippen LogP contribution is -2.51. The molecule has 0 saturated carbocycles. The summed E-state index contributed by atoms with van der Waals surface area (Å²) in [6.45, 7) is -2.24. The maximum absolute atomic E-state index is 13.3. The van der Waals surface area contributed by atoms with Crippen molar-refractivity contribution in [2.75, 3.05) is 183 Å². The summed E-state index contributed by atoms with van der Waals surface area (Å²) in [5.41, 5.74) is 9.92. The van der Waals surface area contributed by atoms with Gasteiger partial charge < -0.3 is 50.7 Å². The first-order valence-electron chi connectivity index (χ1n) is 30.0. The smallest absolute Gasteiger partial charge is 0.317 e. The molecule has 4 aromatic rings. The summed E-state index contributed by atoms with van der Waals surface area (Å²) in [6, 6.07) is 21.4. The fourth-order valence-corrected chi connectivity index (χ4v) is 10.4. The minimum Gasteiger partial charge on any atom is -0.483 e. The first kappa shape index (κ1) is 73.4. The Balaban J connectivity index is 1.03. The van der Waals surface area contributed by atoms with Crippen LogP contribution in [0.3, 0.4) is 0 Å². The van der Waals surface area contributed by atoms with Crippen LogP contribution in [0.25, 0.3) is 32.7 Å². The van der Waals surface area contributed by atoms with Crippen LogP contribution in [0.15, 0.2) is 72.8 Å². The van der Waals surface area contributed by atoms with Crippen LogP contribution in [-0.4, -0.2) is 324 Å². The number of aliphatic carboxylic acids is 6. The Kier molecular flexibility index (Phi) is 29.5. The van der Waals surface area contributed by atoms with Crippen molar-refractivity contribution >= 4 is 92.8 Å².